The minimum Gasteiger partial charge on any atom is -0.444 e. The number of rotatable bonds is 8. The summed E-state index contributed by atoms with van der Waals surface area (Å²) in [7, 11) is 0. The van der Waals surface area contributed by atoms with Crippen LogP contribution < -0.4 is 10.6 Å². The Bertz CT molecular complexity index is 1950. The van der Waals surface area contributed by atoms with Gasteiger partial charge in [0.25, 0.3) is 0 Å². The highest BCUT2D eigenvalue weighted by Gasteiger charge is 2.21. The van der Waals surface area contributed by atoms with Crippen molar-refractivity contribution >= 4 is 23.6 Å². The minimum atomic E-state index is -1.61. The van der Waals surface area contributed by atoms with E-state index in [1.54, 1.807) is 90.1 Å². The lowest BCUT2D eigenvalue weighted by Crippen LogP contribution is -2.27. The van der Waals surface area contributed by atoms with Gasteiger partial charge >= 0.3 is 12.2 Å². The Labute approximate surface area is 300 Å². The Morgan fingerprint density at radius 3 is 1.42 bits per heavy atom. The van der Waals surface area contributed by atoms with Crippen molar-refractivity contribution in [2.75, 3.05) is 10.6 Å². The standard InChI is InChI=1S/C42H40F4N2O4/c1-41(2,3)51-39(49)47-30-18-14-27(15-19-30)34(28-16-20-31(21-17-28)48-40(50)52-42(4,5)6)22-25-10-12-26(13-11-25)32-8-7-9-33(37(32)45)29-23-35(43)38(46)36(44)24-29/h7-21,23-24,34H,22H2,1-6H3,(H,47,49)(H,48,50). The number of amides is 2. The lowest BCUT2D eigenvalue weighted by Gasteiger charge is -2.21. The third-order valence-corrected chi connectivity index (χ3v) is 7.91. The number of carbonyl (C=O) groups is 2. The second-order valence-electron chi connectivity index (χ2n) is 14.4. The van der Waals surface area contributed by atoms with Crippen LogP contribution in [-0.2, 0) is 15.9 Å². The maximum atomic E-state index is 15.7. The fraction of sp³-hybridized carbons (Fsp3) is 0.238. The smallest absolute Gasteiger partial charge is 0.412 e. The number of halogens is 4. The normalized spacial score (nSPS) is 11.7. The predicted molar refractivity (Wildman–Crippen MR) is 195 cm³/mol. The van der Waals surface area contributed by atoms with Gasteiger partial charge in [0.1, 0.15) is 17.0 Å². The van der Waals surface area contributed by atoms with Gasteiger partial charge in [-0.1, -0.05) is 66.7 Å². The summed E-state index contributed by atoms with van der Waals surface area (Å²) >= 11 is 0. The van der Waals surface area contributed by atoms with Crippen molar-refractivity contribution in [3.8, 4) is 22.3 Å². The number of ether oxygens (including phenoxy) is 2. The second kappa shape index (κ2) is 15.3. The van der Waals surface area contributed by atoms with Crippen LogP contribution in [0.5, 0.6) is 0 Å². The molecular formula is C42H40F4N2O4. The summed E-state index contributed by atoms with van der Waals surface area (Å²) < 4.78 is 67.9. The molecule has 270 valence electrons. The highest BCUT2D eigenvalue weighted by molar-refractivity contribution is 5.85. The van der Waals surface area contributed by atoms with Gasteiger partial charge in [-0.05, 0) is 112 Å². The SMILES string of the molecule is CC(C)(C)OC(=O)Nc1ccc(C(Cc2ccc(-c3cccc(-c4cc(F)c(F)c(F)c4)c3F)cc2)c2ccc(NC(=O)OC(C)(C)C)cc2)cc1. The van der Waals surface area contributed by atoms with Crippen molar-refractivity contribution in [2.45, 2.75) is 65.1 Å². The summed E-state index contributed by atoms with van der Waals surface area (Å²) in [6.07, 6.45) is -0.595. The Balaban J connectivity index is 1.41. The van der Waals surface area contributed by atoms with Gasteiger partial charge in [0, 0.05) is 28.4 Å². The predicted octanol–water partition coefficient (Wildman–Crippen LogP) is 11.6. The monoisotopic (exact) mass is 712 g/mol. The molecule has 5 aromatic rings. The van der Waals surface area contributed by atoms with Crippen molar-refractivity contribution in [3.63, 3.8) is 0 Å². The fourth-order valence-electron chi connectivity index (χ4n) is 5.61. The molecule has 0 saturated heterocycles. The van der Waals surface area contributed by atoms with E-state index in [0.29, 0.717) is 23.4 Å². The summed E-state index contributed by atoms with van der Waals surface area (Å²) in [4.78, 5) is 24.7. The molecule has 0 saturated carbocycles. The van der Waals surface area contributed by atoms with Gasteiger partial charge in [-0.2, -0.15) is 0 Å². The topological polar surface area (TPSA) is 76.7 Å². The van der Waals surface area contributed by atoms with Crippen LogP contribution in [0.2, 0.25) is 0 Å². The first-order chi connectivity index (χ1) is 24.5. The Kier molecular flexibility index (Phi) is 11.1. The molecule has 52 heavy (non-hydrogen) atoms. The Hall–Kier alpha value is -5.64. The zero-order chi connectivity index (χ0) is 37.8. The largest absolute Gasteiger partial charge is 0.444 e. The molecule has 0 aliphatic rings. The van der Waals surface area contributed by atoms with E-state index >= 15 is 4.39 Å². The van der Waals surface area contributed by atoms with E-state index in [0.717, 1.165) is 28.8 Å². The summed E-state index contributed by atoms with van der Waals surface area (Å²) in [6, 6.07) is 28.2. The number of hydrogen-bond acceptors (Lipinski definition) is 4. The van der Waals surface area contributed by atoms with Crippen LogP contribution in [0.1, 0.15) is 64.2 Å². The molecule has 0 atom stereocenters. The van der Waals surface area contributed by atoms with Crippen molar-refractivity contribution in [1.82, 2.24) is 0 Å². The molecule has 6 nitrogen and oxygen atoms in total. The van der Waals surface area contributed by atoms with Crippen LogP contribution in [-0.4, -0.2) is 23.4 Å². The molecular weight excluding hydrogens is 672 g/mol. The van der Waals surface area contributed by atoms with Gasteiger partial charge in [-0.3, -0.25) is 10.6 Å². The quantitative estimate of drug-likeness (QED) is 0.124. The first kappa shape index (κ1) is 37.6. The van der Waals surface area contributed by atoms with Gasteiger partial charge < -0.3 is 9.47 Å². The number of benzene rings is 5. The molecule has 0 aliphatic carbocycles. The molecule has 10 heteroatoms. The number of hydrogen-bond donors (Lipinski definition) is 2. The summed E-state index contributed by atoms with van der Waals surface area (Å²) in [5.74, 6) is -5.28. The summed E-state index contributed by atoms with van der Waals surface area (Å²) in [5, 5.41) is 5.49. The molecule has 0 unspecified atom stereocenters. The van der Waals surface area contributed by atoms with Crippen LogP contribution in [0.3, 0.4) is 0 Å². The third kappa shape index (κ3) is 9.78. The molecule has 0 aromatic heterocycles. The van der Waals surface area contributed by atoms with Gasteiger partial charge in [0.2, 0.25) is 0 Å². The first-order valence-corrected chi connectivity index (χ1v) is 16.7. The molecule has 0 radical (unpaired) electrons. The average Bonchev–Trinajstić information content (AvgIpc) is 3.05. The van der Waals surface area contributed by atoms with Crippen LogP contribution in [0.25, 0.3) is 22.3 Å². The molecule has 2 amide bonds. The van der Waals surface area contributed by atoms with E-state index in [1.165, 1.54) is 6.07 Å². The fourth-order valence-corrected chi connectivity index (χ4v) is 5.61. The molecule has 5 rings (SSSR count). The average molecular weight is 713 g/mol. The number of nitrogens with one attached hydrogen (secondary N) is 2. The Morgan fingerprint density at radius 1 is 0.577 bits per heavy atom. The molecule has 5 aromatic carbocycles. The maximum Gasteiger partial charge on any atom is 0.412 e. The third-order valence-electron chi connectivity index (χ3n) is 7.91. The van der Waals surface area contributed by atoms with Gasteiger partial charge in [-0.25, -0.2) is 27.2 Å². The van der Waals surface area contributed by atoms with Crippen molar-refractivity contribution in [1.29, 1.82) is 0 Å². The minimum absolute atomic E-state index is 0.0614. The van der Waals surface area contributed by atoms with Crippen molar-refractivity contribution in [3.05, 3.63) is 143 Å². The van der Waals surface area contributed by atoms with Crippen LogP contribution in [0.15, 0.2) is 103 Å². The molecule has 0 fully saturated rings. The first-order valence-electron chi connectivity index (χ1n) is 16.7. The van der Waals surface area contributed by atoms with Gasteiger partial charge in [0.05, 0.1) is 0 Å². The van der Waals surface area contributed by atoms with E-state index in [9.17, 15) is 22.8 Å². The number of carbonyl (C=O) groups excluding carboxylic acids is 2. The number of anilines is 2. The zero-order valence-corrected chi connectivity index (χ0v) is 29.7. The second-order valence-corrected chi connectivity index (χ2v) is 14.4. The maximum absolute atomic E-state index is 15.7. The van der Waals surface area contributed by atoms with Crippen molar-refractivity contribution in [2.24, 2.45) is 0 Å². The van der Waals surface area contributed by atoms with Gasteiger partial charge in [0.15, 0.2) is 17.5 Å². The molecule has 0 spiro atoms. The zero-order valence-electron chi connectivity index (χ0n) is 29.7. The van der Waals surface area contributed by atoms with E-state index in [1.807, 2.05) is 36.4 Å². The van der Waals surface area contributed by atoms with Gasteiger partial charge in [-0.15, -0.1) is 0 Å². The molecule has 0 heterocycles. The van der Waals surface area contributed by atoms with E-state index in [-0.39, 0.29) is 22.6 Å². The highest BCUT2D eigenvalue weighted by atomic mass is 19.2. The van der Waals surface area contributed by atoms with Crippen LogP contribution in [0, 0.1) is 23.3 Å². The van der Waals surface area contributed by atoms with Crippen LogP contribution in [0.4, 0.5) is 38.5 Å². The van der Waals surface area contributed by atoms with E-state index in [4.69, 9.17) is 9.47 Å². The lowest BCUT2D eigenvalue weighted by atomic mass is 9.85. The molecule has 0 bridgehead atoms. The summed E-state index contributed by atoms with van der Waals surface area (Å²) in [5.41, 5.74) is 3.24. The Morgan fingerprint density at radius 2 is 1.00 bits per heavy atom. The van der Waals surface area contributed by atoms with E-state index in [2.05, 4.69) is 10.6 Å². The van der Waals surface area contributed by atoms with E-state index < -0.39 is 46.7 Å². The molecule has 0 aliphatic heterocycles. The lowest BCUT2D eigenvalue weighted by molar-refractivity contribution is 0.0624. The summed E-state index contributed by atoms with van der Waals surface area (Å²) in [6.45, 7) is 10.7. The van der Waals surface area contributed by atoms with Crippen LogP contribution >= 0.6 is 0 Å². The molecule has 2 N–H and O–H groups in total. The van der Waals surface area contributed by atoms with Crippen molar-refractivity contribution < 1.29 is 36.6 Å². The highest BCUT2D eigenvalue weighted by Crippen LogP contribution is 2.35.